The summed E-state index contributed by atoms with van der Waals surface area (Å²) in [7, 11) is 1.75. The molecule has 3 aromatic rings. The van der Waals surface area contributed by atoms with Crippen LogP contribution in [0.15, 0.2) is 48.5 Å². The van der Waals surface area contributed by atoms with Crippen LogP contribution in [0.5, 0.6) is 5.75 Å². The number of aryl methyl sites for hydroxylation is 1. The molecule has 5 rings (SSSR count). The van der Waals surface area contributed by atoms with Gasteiger partial charge in [0.25, 0.3) is 0 Å². The van der Waals surface area contributed by atoms with E-state index >= 15 is 0 Å². The number of piperazine rings is 1. The number of carbonyl (C=O) groups excluding carboxylic acids is 1. The molecule has 0 saturated carbocycles. The molecule has 0 aliphatic carbocycles. The fourth-order valence-corrected chi connectivity index (χ4v) is 5.48. The number of carbonyl (C=O) groups is 1. The van der Waals surface area contributed by atoms with Gasteiger partial charge in [-0.2, -0.15) is 0 Å². The summed E-state index contributed by atoms with van der Waals surface area (Å²) >= 11 is 0. The van der Waals surface area contributed by atoms with Crippen molar-refractivity contribution in [3.05, 3.63) is 59.8 Å². The fourth-order valence-electron chi connectivity index (χ4n) is 5.48. The lowest BCUT2D eigenvalue weighted by Crippen LogP contribution is -2.46. The summed E-state index contributed by atoms with van der Waals surface area (Å²) in [5, 5.41) is 1.31. The van der Waals surface area contributed by atoms with Gasteiger partial charge in [-0.15, -0.1) is 0 Å². The number of amides is 1. The van der Waals surface area contributed by atoms with Crippen molar-refractivity contribution >= 4 is 22.5 Å². The van der Waals surface area contributed by atoms with Gasteiger partial charge in [0, 0.05) is 81.3 Å². The zero-order chi connectivity index (χ0) is 22.8. The second-order valence-corrected chi connectivity index (χ2v) is 9.14. The molecule has 33 heavy (non-hydrogen) atoms. The number of hydrogen-bond donors (Lipinski definition) is 0. The Labute approximate surface area is 196 Å². The van der Waals surface area contributed by atoms with Crippen LogP contribution in [0.2, 0.25) is 0 Å². The maximum absolute atomic E-state index is 12.0. The lowest BCUT2D eigenvalue weighted by molar-refractivity contribution is -0.129. The van der Waals surface area contributed by atoms with Crippen molar-refractivity contribution in [2.24, 2.45) is 0 Å². The average molecular weight is 447 g/mol. The van der Waals surface area contributed by atoms with Crippen molar-refractivity contribution in [2.45, 2.75) is 32.9 Å². The molecule has 2 aliphatic rings. The van der Waals surface area contributed by atoms with Gasteiger partial charge in [-0.25, -0.2) is 0 Å². The van der Waals surface area contributed by atoms with Gasteiger partial charge in [0.15, 0.2) is 0 Å². The summed E-state index contributed by atoms with van der Waals surface area (Å²) in [4.78, 5) is 18.9. The van der Waals surface area contributed by atoms with Crippen molar-refractivity contribution in [1.29, 1.82) is 0 Å². The first kappa shape index (κ1) is 21.8. The van der Waals surface area contributed by atoms with E-state index < -0.39 is 0 Å². The highest BCUT2D eigenvalue weighted by molar-refractivity contribution is 5.86. The number of para-hydroxylation sites is 3. The number of nitrogens with zero attached hydrogens (tertiary/aromatic N) is 4. The van der Waals surface area contributed by atoms with Gasteiger partial charge in [-0.1, -0.05) is 30.3 Å². The van der Waals surface area contributed by atoms with E-state index in [1.54, 1.807) is 14.0 Å². The van der Waals surface area contributed by atoms with Crippen LogP contribution in [0.3, 0.4) is 0 Å². The van der Waals surface area contributed by atoms with E-state index in [9.17, 15) is 4.79 Å². The van der Waals surface area contributed by atoms with Gasteiger partial charge in [-0.05, 0) is 31.2 Å². The SMILES string of the molecule is COc1ccccc1N1CCN(CCCn2c3c(c4ccccc42)CN(C(C)=O)CC3)CC1. The Morgan fingerprint density at radius 2 is 1.70 bits per heavy atom. The first-order chi connectivity index (χ1) is 16.2. The molecule has 1 saturated heterocycles. The molecule has 2 aliphatic heterocycles. The summed E-state index contributed by atoms with van der Waals surface area (Å²) in [5.41, 5.74) is 5.28. The number of methoxy groups -OCH3 is 1. The molecule has 6 heteroatoms. The van der Waals surface area contributed by atoms with Crippen molar-refractivity contribution in [2.75, 3.05) is 51.3 Å². The van der Waals surface area contributed by atoms with Gasteiger partial charge < -0.3 is 19.1 Å². The highest BCUT2D eigenvalue weighted by Crippen LogP contribution is 2.31. The highest BCUT2D eigenvalue weighted by Gasteiger charge is 2.25. The highest BCUT2D eigenvalue weighted by atomic mass is 16.5. The molecule has 1 aromatic heterocycles. The smallest absolute Gasteiger partial charge is 0.219 e. The number of fused-ring (bicyclic) bond motifs is 3. The number of ether oxygens (including phenoxy) is 1. The predicted molar refractivity (Wildman–Crippen MR) is 133 cm³/mol. The standard InChI is InChI=1S/C27H34N4O2/c1-21(32)30-15-12-25-23(20-30)22-8-3-4-9-24(22)31(25)14-7-13-28-16-18-29(19-17-28)26-10-5-6-11-27(26)33-2/h3-6,8-11H,7,12-20H2,1-2H3. The van der Waals surface area contributed by atoms with Crippen LogP contribution in [-0.2, 0) is 24.3 Å². The van der Waals surface area contributed by atoms with E-state index in [1.165, 1.54) is 27.8 Å². The molecule has 0 atom stereocenters. The summed E-state index contributed by atoms with van der Waals surface area (Å²) < 4.78 is 8.07. The topological polar surface area (TPSA) is 41.0 Å². The van der Waals surface area contributed by atoms with Gasteiger partial charge in [0.1, 0.15) is 5.75 Å². The molecule has 0 unspecified atom stereocenters. The molecule has 1 amide bonds. The average Bonchev–Trinajstić information content (AvgIpc) is 3.17. The van der Waals surface area contributed by atoms with E-state index in [0.717, 1.165) is 70.9 Å². The first-order valence-electron chi connectivity index (χ1n) is 12.1. The Hall–Kier alpha value is -2.99. The molecule has 1 fully saturated rings. The zero-order valence-corrected chi connectivity index (χ0v) is 19.8. The zero-order valence-electron chi connectivity index (χ0n) is 19.8. The number of benzene rings is 2. The van der Waals surface area contributed by atoms with E-state index in [4.69, 9.17) is 4.74 Å². The third-order valence-corrected chi connectivity index (χ3v) is 7.26. The quantitative estimate of drug-likeness (QED) is 0.578. The minimum absolute atomic E-state index is 0.171. The van der Waals surface area contributed by atoms with Gasteiger partial charge in [0.2, 0.25) is 5.91 Å². The van der Waals surface area contributed by atoms with Crippen LogP contribution >= 0.6 is 0 Å². The van der Waals surface area contributed by atoms with Crippen molar-refractivity contribution in [1.82, 2.24) is 14.4 Å². The van der Waals surface area contributed by atoms with E-state index in [2.05, 4.69) is 50.8 Å². The summed E-state index contributed by atoms with van der Waals surface area (Å²) in [6.45, 7) is 9.60. The van der Waals surface area contributed by atoms with E-state index in [-0.39, 0.29) is 5.91 Å². The second-order valence-electron chi connectivity index (χ2n) is 9.14. The van der Waals surface area contributed by atoms with Crippen LogP contribution in [0.25, 0.3) is 10.9 Å². The molecule has 0 N–H and O–H groups in total. The Balaban J connectivity index is 1.22. The van der Waals surface area contributed by atoms with Crippen molar-refractivity contribution < 1.29 is 9.53 Å². The maximum atomic E-state index is 12.0. The molecule has 6 nitrogen and oxygen atoms in total. The first-order valence-corrected chi connectivity index (χ1v) is 12.1. The molecule has 0 spiro atoms. The van der Waals surface area contributed by atoms with Gasteiger partial charge in [0.05, 0.1) is 12.8 Å². The molecule has 2 aromatic carbocycles. The molecule has 0 radical (unpaired) electrons. The Kier molecular flexibility index (Phi) is 6.27. The summed E-state index contributed by atoms with van der Waals surface area (Å²) in [5.74, 6) is 1.13. The lowest BCUT2D eigenvalue weighted by Gasteiger charge is -2.36. The largest absolute Gasteiger partial charge is 0.495 e. The predicted octanol–water partition coefficient (Wildman–Crippen LogP) is 3.77. The van der Waals surface area contributed by atoms with Crippen LogP contribution in [0.4, 0.5) is 5.69 Å². The second kappa shape index (κ2) is 9.48. The van der Waals surface area contributed by atoms with Crippen molar-refractivity contribution in [3.63, 3.8) is 0 Å². The number of anilines is 1. The summed E-state index contributed by atoms with van der Waals surface area (Å²) in [6.07, 6.45) is 2.08. The normalized spacial score (nSPS) is 16.8. The Bertz CT molecular complexity index is 1130. The Morgan fingerprint density at radius 1 is 0.939 bits per heavy atom. The third kappa shape index (κ3) is 4.32. The maximum Gasteiger partial charge on any atom is 0.219 e. The fraction of sp³-hybridized carbons (Fsp3) is 0.444. The van der Waals surface area contributed by atoms with Crippen molar-refractivity contribution in [3.8, 4) is 5.75 Å². The van der Waals surface area contributed by atoms with Gasteiger partial charge in [-0.3, -0.25) is 9.69 Å². The van der Waals surface area contributed by atoms with Crippen LogP contribution in [0, 0.1) is 0 Å². The number of hydrogen-bond acceptors (Lipinski definition) is 4. The molecule has 174 valence electrons. The third-order valence-electron chi connectivity index (χ3n) is 7.26. The minimum atomic E-state index is 0.171. The molecule has 3 heterocycles. The molecular weight excluding hydrogens is 412 g/mol. The van der Waals surface area contributed by atoms with Crippen LogP contribution in [-0.4, -0.2) is 66.7 Å². The molecule has 0 bridgehead atoms. The van der Waals surface area contributed by atoms with E-state index in [0.29, 0.717) is 0 Å². The number of rotatable bonds is 6. The van der Waals surface area contributed by atoms with E-state index in [1.807, 2.05) is 17.0 Å². The number of aromatic nitrogens is 1. The van der Waals surface area contributed by atoms with Crippen LogP contribution < -0.4 is 9.64 Å². The van der Waals surface area contributed by atoms with Gasteiger partial charge >= 0.3 is 0 Å². The Morgan fingerprint density at radius 3 is 2.48 bits per heavy atom. The summed E-state index contributed by atoms with van der Waals surface area (Å²) in [6, 6.07) is 17.0. The lowest BCUT2D eigenvalue weighted by atomic mass is 10.0. The minimum Gasteiger partial charge on any atom is -0.495 e. The van der Waals surface area contributed by atoms with Crippen LogP contribution in [0.1, 0.15) is 24.6 Å². The molecular formula is C27H34N4O2. The monoisotopic (exact) mass is 446 g/mol.